The van der Waals surface area contributed by atoms with Crippen molar-refractivity contribution in [1.29, 1.82) is 0 Å². The Morgan fingerprint density at radius 3 is 2.88 bits per heavy atom. The predicted octanol–water partition coefficient (Wildman–Crippen LogP) is 2.39. The average molecular weight is 229 g/mol. The molecule has 2 aromatic rings. The molecule has 86 valence electrons. The first kappa shape index (κ1) is 10.1. The second-order valence-electron chi connectivity index (χ2n) is 4.29. The van der Waals surface area contributed by atoms with E-state index in [1.807, 2.05) is 6.07 Å². The molecule has 0 saturated carbocycles. The van der Waals surface area contributed by atoms with Gasteiger partial charge in [-0.1, -0.05) is 6.07 Å². The lowest BCUT2D eigenvalue weighted by atomic mass is 9.93. The Kier molecular flexibility index (Phi) is 2.04. The molecule has 4 nitrogen and oxygen atoms in total. The number of benzene rings is 1. The number of aryl methyl sites for hydroxylation is 1. The molecule has 0 aliphatic heterocycles. The van der Waals surface area contributed by atoms with Gasteiger partial charge in [0.1, 0.15) is 0 Å². The van der Waals surface area contributed by atoms with Gasteiger partial charge in [-0.2, -0.15) is 0 Å². The number of Topliss-reactive ketones (excluding diaryl/α,β-unsaturated/α-hetero) is 1. The summed E-state index contributed by atoms with van der Waals surface area (Å²) in [5.74, 6) is -0.866. The largest absolute Gasteiger partial charge is 0.478 e. The van der Waals surface area contributed by atoms with Crippen LogP contribution in [0.1, 0.15) is 39.3 Å². The Balaban J connectivity index is 2.40. The van der Waals surface area contributed by atoms with Gasteiger partial charge in [-0.25, -0.2) is 4.79 Å². The van der Waals surface area contributed by atoms with Crippen molar-refractivity contribution < 1.29 is 14.7 Å². The van der Waals surface area contributed by atoms with E-state index >= 15 is 0 Å². The maximum absolute atomic E-state index is 11.8. The molecule has 1 aliphatic carbocycles. The van der Waals surface area contributed by atoms with Crippen LogP contribution in [0.15, 0.2) is 18.2 Å². The van der Waals surface area contributed by atoms with E-state index in [0.717, 1.165) is 23.9 Å². The van der Waals surface area contributed by atoms with Crippen LogP contribution in [0.4, 0.5) is 0 Å². The number of carbonyl (C=O) groups is 2. The maximum Gasteiger partial charge on any atom is 0.336 e. The van der Waals surface area contributed by atoms with Crippen molar-refractivity contribution in [3.63, 3.8) is 0 Å². The molecule has 0 bridgehead atoms. The lowest BCUT2D eigenvalue weighted by Gasteiger charge is -2.10. The molecule has 1 heterocycles. The molecule has 17 heavy (non-hydrogen) atoms. The number of ketones is 1. The first-order valence-electron chi connectivity index (χ1n) is 5.58. The quantitative estimate of drug-likeness (QED) is 0.788. The molecule has 1 aromatic carbocycles. The first-order chi connectivity index (χ1) is 8.18. The third-order valence-electron chi connectivity index (χ3n) is 3.27. The van der Waals surface area contributed by atoms with Gasteiger partial charge in [0.2, 0.25) is 0 Å². The maximum atomic E-state index is 11.8. The topological polar surface area (TPSA) is 70.2 Å². The minimum Gasteiger partial charge on any atom is -0.478 e. The van der Waals surface area contributed by atoms with Gasteiger partial charge in [0, 0.05) is 17.3 Å². The van der Waals surface area contributed by atoms with E-state index in [1.54, 1.807) is 12.1 Å². The Morgan fingerprint density at radius 2 is 2.12 bits per heavy atom. The zero-order chi connectivity index (χ0) is 12.0. The number of hydrogen-bond donors (Lipinski definition) is 2. The molecule has 1 aromatic heterocycles. The molecule has 4 heteroatoms. The second kappa shape index (κ2) is 3.45. The summed E-state index contributed by atoms with van der Waals surface area (Å²) >= 11 is 0. The second-order valence-corrected chi connectivity index (χ2v) is 4.29. The van der Waals surface area contributed by atoms with Gasteiger partial charge in [0.05, 0.1) is 11.3 Å². The number of aromatic carboxylic acids is 1. The van der Waals surface area contributed by atoms with Crippen LogP contribution in [0.5, 0.6) is 0 Å². The highest BCUT2D eigenvalue weighted by molar-refractivity contribution is 6.10. The summed E-state index contributed by atoms with van der Waals surface area (Å²) in [4.78, 5) is 26.0. The first-order valence-corrected chi connectivity index (χ1v) is 5.58. The van der Waals surface area contributed by atoms with Crippen LogP contribution in [0.3, 0.4) is 0 Å². The number of aromatic amines is 1. The zero-order valence-corrected chi connectivity index (χ0v) is 9.12. The zero-order valence-electron chi connectivity index (χ0n) is 9.12. The highest BCUT2D eigenvalue weighted by Crippen LogP contribution is 2.31. The Labute approximate surface area is 97.3 Å². The van der Waals surface area contributed by atoms with Gasteiger partial charge in [-0.3, -0.25) is 4.79 Å². The summed E-state index contributed by atoms with van der Waals surface area (Å²) in [7, 11) is 0. The fourth-order valence-electron chi connectivity index (χ4n) is 2.53. The van der Waals surface area contributed by atoms with Crippen LogP contribution in [-0.2, 0) is 6.42 Å². The average Bonchev–Trinajstić information content (AvgIpc) is 2.69. The van der Waals surface area contributed by atoms with Crippen LogP contribution in [0, 0.1) is 0 Å². The number of carboxylic acids is 1. The van der Waals surface area contributed by atoms with E-state index in [1.165, 1.54) is 0 Å². The summed E-state index contributed by atoms with van der Waals surface area (Å²) < 4.78 is 0. The summed E-state index contributed by atoms with van der Waals surface area (Å²) in [5, 5.41) is 9.87. The fourth-order valence-corrected chi connectivity index (χ4v) is 2.53. The molecular formula is C13H11NO3. The molecular weight excluding hydrogens is 218 g/mol. The van der Waals surface area contributed by atoms with Crippen LogP contribution in [0.25, 0.3) is 10.9 Å². The van der Waals surface area contributed by atoms with Gasteiger partial charge in [0.15, 0.2) is 5.78 Å². The smallest absolute Gasteiger partial charge is 0.336 e. The molecule has 0 radical (unpaired) electrons. The molecule has 1 aliphatic rings. The Morgan fingerprint density at radius 1 is 1.29 bits per heavy atom. The molecule has 0 unspecified atom stereocenters. The number of nitrogens with one attached hydrogen (secondary N) is 1. The summed E-state index contributed by atoms with van der Waals surface area (Å²) in [6.07, 6.45) is 2.11. The predicted molar refractivity (Wildman–Crippen MR) is 62.5 cm³/mol. The highest BCUT2D eigenvalue weighted by Gasteiger charge is 2.24. The number of H-pyrrole nitrogens is 1. The van der Waals surface area contributed by atoms with Crippen molar-refractivity contribution in [3.8, 4) is 0 Å². The lowest BCUT2D eigenvalue weighted by molar-refractivity contribution is 0.0698. The number of carboxylic acid groups (broad SMARTS) is 1. The van der Waals surface area contributed by atoms with E-state index in [-0.39, 0.29) is 11.3 Å². The Bertz CT molecular complexity index is 639. The highest BCUT2D eigenvalue weighted by atomic mass is 16.4. The minimum atomic E-state index is -0.949. The third kappa shape index (κ3) is 1.37. The molecule has 0 amide bonds. The number of fused-ring (bicyclic) bond motifs is 3. The minimum absolute atomic E-state index is 0.0822. The summed E-state index contributed by atoms with van der Waals surface area (Å²) in [6, 6.07) is 5.09. The fraction of sp³-hybridized carbons (Fsp3) is 0.231. The van der Waals surface area contributed by atoms with Crippen molar-refractivity contribution in [2.24, 2.45) is 0 Å². The van der Waals surface area contributed by atoms with Gasteiger partial charge >= 0.3 is 5.97 Å². The molecule has 3 rings (SSSR count). The van der Waals surface area contributed by atoms with E-state index in [2.05, 4.69) is 4.98 Å². The number of aromatic nitrogens is 1. The Hall–Kier alpha value is -2.10. The van der Waals surface area contributed by atoms with Crippen LogP contribution >= 0.6 is 0 Å². The molecule has 0 atom stereocenters. The third-order valence-corrected chi connectivity index (χ3v) is 3.27. The monoisotopic (exact) mass is 229 g/mol. The van der Waals surface area contributed by atoms with Crippen molar-refractivity contribution >= 4 is 22.7 Å². The van der Waals surface area contributed by atoms with Crippen LogP contribution in [-0.4, -0.2) is 21.8 Å². The SMILES string of the molecule is O=C1CCCc2c1[nH]c1cccc(C(=O)O)c21. The van der Waals surface area contributed by atoms with E-state index in [9.17, 15) is 9.59 Å². The van der Waals surface area contributed by atoms with Crippen molar-refractivity contribution in [1.82, 2.24) is 4.98 Å². The van der Waals surface area contributed by atoms with Crippen LogP contribution < -0.4 is 0 Å². The van der Waals surface area contributed by atoms with Gasteiger partial charge in [-0.05, 0) is 30.5 Å². The molecule has 0 spiro atoms. The lowest BCUT2D eigenvalue weighted by Crippen LogP contribution is -2.10. The standard InChI is InChI=1S/C13H11NO3/c15-10-6-2-3-7-11-8(13(16)17)4-1-5-9(11)14-12(7)10/h1,4-5,14H,2-3,6H2,(H,16,17). The van der Waals surface area contributed by atoms with Gasteiger partial charge in [-0.15, -0.1) is 0 Å². The van der Waals surface area contributed by atoms with E-state index in [4.69, 9.17) is 5.11 Å². The molecule has 0 fully saturated rings. The molecule has 0 saturated heterocycles. The number of hydrogen-bond acceptors (Lipinski definition) is 2. The normalized spacial score (nSPS) is 14.9. The van der Waals surface area contributed by atoms with Gasteiger partial charge in [0.25, 0.3) is 0 Å². The van der Waals surface area contributed by atoms with E-state index in [0.29, 0.717) is 17.5 Å². The van der Waals surface area contributed by atoms with Crippen molar-refractivity contribution in [2.75, 3.05) is 0 Å². The number of carbonyl (C=O) groups excluding carboxylic acids is 1. The summed E-state index contributed by atoms with van der Waals surface area (Å²) in [6.45, 7) is 0. The van der Waals surface area contributed by atoms with Crippen molar-refractivity contribution in [2.45, 2.75) is 19.3 Å². The van der Waals surface area contributed by atoms with E-state index < -0.39 is 5.97 Å². The van der Waals surface area contributed by atoms with Crippen molar-refractivity contribution in [3.05, 3.63) is 35.0 Å². The summed E-state index contributed by atoms with van der Waals surface area (Å²) in [5.41, 5.74) is 2.48. The van der Waals surface area contributed by atoms with Crippen LogP contribution in [0.2, 0.25) is 0 Å². The number of rotatable bonds is 1. The molecule has 2 N–H and O–H groups in total. The van der Waals surface area contributed by atoms with Gasteiger partial charge < -0.3 is 10.1 Å².